The molecular weight excluding hydrogens is 336 g/mol. The van der Waals surface area contributed by atoms with E-state index in [4.69, 9.17) is 0 Å². The maximum absolute atomic E-state index is 12.0. The Balaban J connectivity index is 1.65. The molecule has 3 aromatic rings. The molecule has 0 saturated carbocycles. The zero-order valence-electron chi connectivity index (χ0n) is 13.5. The van der Waals surface area contributed by atoms with Crippen molar-refractivity contribution in [2.75, 3.05) is 0 Å². The second kappa shape index (κ2) is 7.79. The number of hydrogen-bond acceptors (Lipinski definition) is 6. The first-order valence-electron chi connectivity index (χ1n) is 7.63. The maximum Gasteiger partial charge on any atom is 0.270 e. The average molecular weight is 350 g/mol. The van der Waals surface area contributed by atoms with Crippen molar-refractivity contribution in [3.63, 3.8) is 0 Å². The molecule has 0 aliphatic carbocycles. The lowest BCUT2D eigenvalue weighted by Gasteiger charge is -2.08. The first-order chi connectivity index (χ1) is 12.6. The van der Waals surface area contributed by atoms with E-state index in [-0.39, 0.29) is 18.1 Å². The van der Waals surface area contributed by atoms with Crippen molar-refractivity contribution in [3.05, 3.63) is 82.6 Å². The number of aromatic nitrogens is 4. The topological polar surface area (TPSA) is 116 Å². The number of carbonyl (C=O) groups is 1. The highest BCUT2D eigenvalue weighted by molar-refractivity contribution is 5.91. The van der Waals surface area contributed by atoms with E-state index in [2.05, 4.69) is 20.4 Å². The Morgan fingerprint density at radius 1 is 1.31 bits per heavy atom. The van der Waals surface area contributed by atoms with E-state index in [1.165, 1.54) is 41.6 Å². The van der Waals surface area contributed by atoms with E-state index in [0.29, 0.717) is 11.4 Å². The van der Waals surface area contributed by atoms with Gasteiger partial charge in [0.15, 0.2) is 5.82 Å². The minimum Gasteiger partial charge on any atom is -0.348 e. The third kappa shape index (κ3) is 4.15. The Morgan fingerprint density at radius 2 is 2.19 bits per heavy atom. The monoisotopic (exact) mass is 350 g/mol. The maximum atomic E-state index is 12.0. The molecular formula is C17H14N6O3. The van der Waals surface area contributed by atoms with Gasteiger partial charge in [-0.1, -0.05) is 18.2 Å². The molecule has 0 fully saturated rings. The quantitative estimate of drug-likeness (QED) is 0.412. The molecule has 1 amide bonds. The summed E-state index contributed by atoms with van der Waals surface area (Å²) in [5.74, 6) is 0.248. The van der Waals surface area contributed by atoms with Crippen LogP contribution >= 0.6 is 0 Å². The normalized spacial score (nSPS) is 10.8. The number of nitro groups is 1. The molecule has 0 atom stereocenters. The van der Waals surface area contributed by atoms with Gasteiger partial charge in [-0.3, -0.25) is 14.9 Å². The van der Waals surface area contributed by atoms with Crippen LogP contribution in [0.4, 0.5) is 5.69 Å². The number of benzene rings is 1. The minimum atomic E-state index is -0.481. The summed E-state index contributed by atoms with van der Waals surface area (Å²) in [6.07, 6.45) is 7.40. The summed E-state index contributed by atoms with van der Waals surface area (Å²) in [6, 6.07) is 9.63. The molecule has 0 spiro atoms. The molecule has 0 saturated heterocycles. The van der Waals surface area contributed by atoms with Crippen LogP contribution in [0.2, 0.25) is 0 Å². The van der Waals surface area contributed by atoms with E-state index in [9.17, 15) is 14.9 Å². The largest absolute Gasteiger partial charge is 0.348 e. The highest BCUT2D eigenvalue weighted by atomic mass is 16.6. The lowest BCUT2D eigenvalue weighted by Crippen LogP contribution is -2.21. The molecule has 1 aromatic carbocycles. The van der Waals surface area contributed by atoms with Crippen LogP contribution in [0, 0.1) is 10.1 Å². The molecule has 2 aromatic heterocycles. The SMILES string of the molecule is O=C(/C=C/c1cccc([N+](=O)[O-])c1)NCc1cccnc1-n1cncn1. The van der Waals surface area contributed by atoms with E-state index in [1.807, 2.05) is 6.07 Å². The second-order valence-electron chi connectivity index (χ2n) is 5.23. The summed E-state index contributed by atoms with van der Waals surface area (Å²) in [7, 11) is 0. The van der Waals surface area contributed by atoms with Gasteiger partial charge in [0.05, 0.1) is 4.92 Å². The smallest absolute Gasteiger partial charge is 0.270 e. The first kappa shape index (κ1) is 17.0. The van der Waals surface area contributed by atoms with Crippen molar-refractivity contribution < 1.29 is 9.72 Å². The molecule has 0 radical (unpaired) electrons. The third-order valence-corrected chi connectivity index (χ3v) is 3.46. The second-order valence-corrected chi connectivity index (χ2v) is 5.23. The van der Waals surface area contributed by atoms with Crippen LogP contribution in [0.15, 0.2) is 61.3 Å². The van der Waals surface area contributed by atoms with E-state index < -0.39 is 4.92 Å². The Morgan fingerprint density at radius 3 is 2.96 bits per heavy atom. The Kier molecular flexibility index (Phi) is 5.08. The molecule has 26 heavy (non-hydrogen) atoms. The van der Waals surface area contributed by atoms with Crippen LogP contribution in [0.5, 0.6) is 0 Å². The fourth-order valence-electron chi connectivity index (χ4n) is 2.25. The average Bonchev–Trinajstić information content (AvgIpc) is 3.19. The molecule has 0 unspecified atom stereocenters. The number of nitrogens with one attached hydrogen (secondary N) is 1. The van der Waals surface area contributed by atoms with E-state index >= 15 is 0 Å². The molecule has 9 heteroatoms. The fourth-order valence-corrected chi connectivity index (χ4v) is 2.25. The standard InChI is InChI=1S/C17H14N6O3/c24-16(7-6-13-3-1-5-15(9-13)23(25)26)20-10-14-4-2-8-19-17(14)22-12-18-11-21-22/h1-9,11-12H,10H2,(H,20,24)/b7-6+. The molecule has 3 rings (SSSR count). The van der Waals surface area contributed by atoms with Gasteiger partial charge in [-0.25, -0.2) is 14.6 Å². The van der Waals surface area contributed by atoms with Crippen LogP contribution in [-0.4, -0.2) is 30.6 Å². The molecule has 0 aliphatic rings. The summed E-state index contributed by atoms with van der Waals surface area (Å²) in [5, 5.41) is 17.5. The predicted octanol–water partition coefficient (Wildman–Crippen LogP) is 1.90. The zero-order chi connectivity index (χ0) is 18.4. The number of nitro benzene ring substituents is 1. The van der Waals surface area contributed by atoms with Crippen LogP contribution in [0.3, 0.4) is 0 Å². The number of hydrogen-bond donors (Lipinski definition) is 1. The van der Waals surface area contributed by atoms with Gasteiger partial charge in [-0.15, -0.1) is 0 Å². The molecule has 9 nitrogen and oxygen atoms in total. The summed E-state index contributed by atoms with van der Waals surface area (Å²) >= 11 is 0. The highest BCUT2D eigenvalue weighted by Crippen LogP contribution is 2.14. The minimum absolute atomic E-state index is 0.0274. The summed E-state index contributed by atoms with van der Waals surface area (Å²) in [5.41, 5.74) is 1.31. The fraction of sp³-hybridized carbons (Fsp3) is 0.0588. The molecule has 0 bridgehead atoms. The van der Waals surface area contributed by atoms with Crippen molar-refractivity contribution in [1.82, 2.24) is 25.1 Å². The van der Waals surface area contributed by atoms with Gasteiger partial charge in [0.2, 0.25) is 5.91 Å². The Hall–Kier alpha value is -3.88. The predicted molar refractivity (Wildman–Crippen MR) is 93.1 cm³/mol. The molecule has 0 aliphatic heterocycles. The lowest BCUT2D eigenvalue weighted by molar-refractivity contribution is -0.384. The number of nitrogens with zero attached hydrogens (tertiary/aromatic N) is 5. The number of carbonyl (C=O) groups excluding carboxylic acids is 1. The van der Waals surface area contributed by atoms with Crippen LogP contribution in [-0.2, 0) is 11.3 Å². The Labute approximate surface area is 148 Å². The number of amides is 1. The van der Waals surface area contributed by atoms with Crippen molar-refractivity contribution in [1.29, 1.82) is 0 Å². The highest BCUT2D eigenvalue weighted by Gasteiger charge is 2.07. The Bertz CT molecular complexity index is 953. The summed E-state index contributed by atoms with van der Waals surface area (Å²) < 4.78 is 1.51. The van der Waals surface area contributed by atoms with Gasteiger partial charge in [0, 0.05) is 36.5 Å². The van der Waals surface area contributed by atoms with Gasteiger partial charge >= 0.3 is 0 Å². The van der Waals surface area contributed by atoms with E-state index in [1.54, 1.807) is 24.4 Å². The van der Waals surface area contributed by atoms with Gasteiger partial charge in [0.25, 0.3) is 5.69 Å². The first-order valence-corrected chi connectivity index (χ1v) is 7.63. The zero-order valence-corrected chi connectivity index (χ0v) is 13.5. The van der Waals surface area contributed by atoms with Crippen molar-refractivity contribution in [3.8, 4) is 5.82 Å². The summed E-state index contributed by atoms with van der Waals surface area (Å²) in [6.45, 7) is 0.251. The van der Waals surface area contributed by atoms with Crippen molar-refractivity contribution in [2.45, 2.75) is 6.54 Å². The number of non-ortho nitro benzene ring substituents is 1. The molecule has 1 N–H and O–H groups in total. The third-order valence-electron chi connectivity index (χ3n) is 3.46. The van der Waals surface area contributed by atoms with E-state index in [0.717, 1.165) is 5.56 Å². The van der Waals surface area contributed by atoms with Crippen molar-refractivity contribution >= 4 is 17.7 Å². The summed E-state index contributed by atoms with van der Waals surface area (Å²) in [4.78, 5) is 30.4. The molecule has 2 heterocycles. The lowest BCUT2D eigenvalue weighted by atomic mass is 10.2. The van der Waals surface area contributed by atoms with Crippen LogP contribution < -0.4 is 5.32 Å². The molecule has 130 valence electrons. The number of rotatable bonds is 6. The van der Waals surface area contributed by atoms with Crippen LogP contribution in [0.25, 0.3) is 11.9 Å². The van der Waals surface area contributed by atoms with Gasteiger partial charge < -0.3 is 5.32 Å². The van der Waals surface area contributed by atoms with Crippen LogP contribution in [0.1, 0.15) is 11.1 Å². The van der Waals surface area contributed by atoms with Crippen molar-refractivity contribution in [2.24, 2.45) is 0 Å². The number of pyridine rings is 1. The van der Waals surface area contributed by atoms with Gasteiger partial charge in [-0.05, 0) is 17.7 Å². The van der Waals surface area contributed by atoms with Gasteiger partial charge in [0.1, 0.15) is 12.7 Å². The van der Waals surface area contributed by atoms with Gasteiger partial charge in [-0.2, -0.15) is 5.10 Å².